The van der Waals surface area contributed by atoms with E-state index in [0.717, 1.165) is 141 Å². The molecule has 458 valence electrons. The SMILES string of the molecule is CC/C=C\C/C=C\C/C=C\C/C=C\C/C=C\C/C=C\CCCCCCCOCC(COC1OC(COC2OC(CO)C(O)C(O)C2O)C(O)C(O)C1O)OC(=O)CCCCCC/C=C\C/C=C\C/C=C\C/C=C\C/C=C\C/C=C\CC. The predicted octanol–water partition coefficient (Wildman–Crippen LogP) is 11.6. The van der Waals surface area contributed by atoms with Crippen molar-refractivity contribution in [1.29, 1.82) is 0 Å². The van der Waals surface area contributed by atoms with Crippen LogP contribution in [0.5, 0.6) is 0 Å². The molecule has 0 aromatic heterocycles. The van der Waals surface area contributed by atoms with Gasteiger partial charge in [-0.3, -0.25) is 4.79 Å². The quantitative estimate of drug-likeness (QED) is 0.0172. The van der Waals surface area contributed by atoms with E-state index in [-0.39, 0.29) is 19.6 Å². The predicted molar refractivity (Wildman–Crippen MR) is 325 cm³/mol. The van der Waals surface area contributed by atoms with Crippen LogP contribution in [-0.4, -0.2) is 142 Å². The van der Waals surface area contributed by atoms with E-state index in [4.69, 9.17) is 28.4 Å². The van der Waals surface area contributed by atoms with E-state index in [9.17, 15) is 40.5 Å². The minimum absolute atomic E-state index is 0.0258. The van der Waals surface area contributed by atoms with E-state index in [0.29, 0.717) is 13.0 Å². The minimum Gasteiger partial charge on any atom is -0.457 e. The van der Waals surface area contributed by atoms with Crippen molar-refractivity contribution < 1.29 is 69.0 Å². The van der Waals surface area contributed by atoms with Crippen molar-refractivity contribution >= 4 is 5.97 Å². The first-order valence-electron chi connectivity index (χ1n) is 30.4. The fraction of sp³-hybridized carbons (Fsp3) is 0.627. The summed E-state index contributed by atoms with van der Waals surface area (Å²) in [5.41, 5.74) is 0. The Bertz CT molecular complexity index is 1890. The van der Waals surface area contributed by atoms with Gasteiger partial charge in [-0.15, -0.1) is 0 Å². The van der Waals surface area contributed by atoms with Gasteiger partial charge in [0.2, 0.25) is 0 Å². The second kappa shape index (κ2) is 51.5. The molecule has 2 aliphatic rings. The molecule has 0 aromatic rings. The van der Waals surface area contributed by atoms with E-state index in [1.807, 2.05) is 0 Å². The number of allylic oxidation sites excluding steroid dienone is 24. The molecule has 0 aromatic carbocycles. The van der Waals surface area contributed by atoms with E-state index < -0.39 is 86.7 Å². The molecule has 2 fully saturated rings. The van der Waals surface area contributed by atoms with Gasteiger partial charge >= 0.3 is 5.97 Å². The average Bonchev–Trinajstić information content (AvgIpc) is 3.46. The summed E-state index contributed by atoms with van der Waals surface area (Å²) in [6.45, 7) is 3.34. The van der Waals surface area contributed by atoms with Gasteiger partial charge in [-0.2, -0.15) is 0 Å². The lowest BCUT2D eigenvalue weighted by atomic mass is 9.98. The molecule has 0 aliphatic carbocycles. The van der Waals surface area contributed by atoms with Crippen molar-refractivity contribution in [2.75, 3.05) is 33.0 Å². The number of rotatable bonds is 47. The van der Waals surface area contributed by atoms with Crippen molar-refractivity contribution in [3.05, 3.63) is 146 Å². The van der Waals surface area contributed by atoms with Crippen LogP contribution in [0, 0.1) is 0 Å². The third-order valence-corrected chi connectivity index (χ3v) is 13.3. The number of aliphatic hydroxyl groups is 7. The Kier molecular flexibility index (Phi) is 46.4. The molecule has 0 spiro atoms. The molecule has 2 rings (SSSR count). The summed E-state index contributed by atoms with van der Waals surface area (Å²) in [5.74, 6) is -0.414. The maximum absolute atomic E-state index is 13.1. The molecule has 2 aliphatic heterocycles. The maximum Gasteiger partial charge on any atom is 0.306 e. The second-order valence-electron chi connectivity index (χ2n) is 20.4. The summed E-state index contributed by atoms with van der Waals surface area (Å²) in [6, 6.07) is 0. The van der Waals surface area contributed by atoms with Gasteiger partial charge in [0.25, 0.3) is 0 Å². The van der Waals surface area contributed by atoms with Gasteiger partial charge < -0.3 is 64.2 Å². The molecular weight excluding hydrogens is 1030 g/mol. The van der Waals surface area contributed by atoms with Crippen LogP contribution >= 0.6 is 0 Å². The first-order chi connectivity index (χ1) is 39.6. The monoisotopic (exact) mass is 1130 g/mol. The number of hydrogen-bond acceptors (Lipinski definition) is 14. The Hall–Kier alpha value is -4.13. The molecule has 0 saturated carbocycles. The summed E-state index contributed by atoms with van der Waals surface area (Å²) >= 11 is 0. The van der Waals surface area contributed by atoms with E-state index in [1.54, 1.807) is 0 Å². The summed E-state index contributed by atoms with van der Waals surface area (Å²) in [5, 5.41) is 72.5. The van der Waals surface area contributed by atoms with Crippen LogP contribution in [-0.2, 0) is 33.2 Å². The van der Waals surface area contributed by atoms with Crippen LogP contribution in [0.2, 0.25) is 0 Å². The first-order valence-corrected chi connectivity index (χ1v) is 30.4. The number of hydrogen-bond donors (Lipinski definition) is 7. The van der Waals surface area contributed by atoms with Gasteiger partial charge in [-0.1, -0.05) is 192 Å². The fourth-order valence-corrected chi connectivity index (χ4v) is 8.53. The van der Waals surface area contributed by atoms with Crippen LogP contribution in [0.1, 0.15) is 168 Å². The summed E-state index contributed by atoms with van der Waals surface area (Å²) in [7, 11) is 0. The molecule has 2 heterocycles. The zero-order valence-electron chi connectivity index (χ0n) is 49.2. The molecule has 0 radical (unpaired) electrons. The maximum atomic E-state index is 13.1. The fourth-order valence-electron chi connectivity index (χ4n) is 8.53. The van der Waals surface area contributed by atoms with Crippen LogP contribution in [0.3, 0.4) is 0 Å². The highest BCUT2D eigenvalue weighted by Crippen LogP contribution is 2.26. The lowest BCUT2D eigenvalue weighted by Gasteiger charge is -2.42. The van der Waals surface area contributed by atoms with Crippen LogP contribution in [0.25, 0.3) is 0 Å². The van der Waals surface area contributed by atoms with Gasteiger partial charge in [0.05, 0.1) is 26.4 Å². The van der Waals surface area contributed by atoms with Crippen molar-refractivity contribution in [2.45, 2.75) is 235 Å². The molecule has 7 N–H and O–H groups in total. The van der Waals surface area contributed by atoms with E-state index in [2.05, 4.69) is 160 Å². The molecule has 0 amide bonds. The summed E-state index contributed by atoms with van der Waals surface area (Å²) < 4.78 is 34.4. The zero-order valence-corrected chi connectivity index (χ0v) is 49.2. The Labute approximate surface area is 487 Å². The number of carbonyl (C=O) groups is 1. The Balaban J connectivity index is 1.74. The van der Waals surface area contributed by atoms with E-state index in [1.165, 1.54) is 0 Å². The minimum atomic E-state index is -1.73. The number of aliphatic hydroxyl groups excluding tert-OH is 7. The van der Waals surface area contributed by atoms with Crippen molar-refractivity contribution in [1.82, 2.24) is 0 Å². The van der Waals surface area contributed by atoms with Gasteiger partial charge in [-0.05, 0) is 116 Å². The smallest absolute Gasteiger partial charge is 0.306 e. The third kappa shape index (κ3) is 37.6. The van der Waals surface area contributed by atoms with Gasteiger partial charge in [0, 0.05) is 13.0 Å². The van der Waals surface area contributed by atoms with Crippen LogP contribution < -0.4 is 0 Å². The van der Waals surface area contributed by atoms with Crippen LogP contribution in [0.4, 0.5) is 0 Å². The standard InChI is InChI=1S/C67H106O14/c1-3-5-7-9-11-13-15-17-19-21-23-25-27-29-31-33-35-37-39-41-43-45-47-49-51-76-53-56(54-77-66-65(75)63(73)61(71)58(81-66)55-78-67-64(74)62(72)60(70)57(52-68)80-67)79-59(69)50-48-46-44-42-40-38-36-34-32-30-28-26-24-22-20-18-16-14-12-10-8-6-4-2/h5-8,11-14,17-20,23-26,29-32,35-38,56-58,60-68,70-75H,3-4,9-10,15-16,21-22,27-28,33-34,39-55H2,1-2H3/b7-5-,8-6-,13-11-,14-12-,19-17-,20-18-,25-23-,26-24-,31-29-,32-30-,37-35-,38-36-. The molecule has 11 atom stereocenters. The number of carbonyl (C=O) groups excluding carboxylic acids is 1. The van der Waals surface area contributed by atoms with Crippen molar-refractivity contribution in [2.24, 2.45) is 0 Å². The average molecular weight is 1140 g/mol. The van der Waals surface area contributed by atoms with Crippen molar-refractivity contribution in [3.63, 3.8) is 0 Å². The largest absolute Gasteiger partial charge is 0.457 e. The molecule has 14 nitrogen and oxygen atoms in total. The van der Waals surface area contributed by atoms with Crippen LogP contribution in [0.15, 0.2) is 146 Å². The van der Waals surface area contributed by atoms with Gasteiger partial charge in [-0.25, -0.2) is 0 Å². The highest BCUT2D eigenvalue weighted by molar-refractivity contribution is 5.69. The highest BCUT2D eigenvalue weighted by Gasteiger charge is 2.47. The Morgan fingerprint density at radius 1 is 0.407 bits per heavy atom. The summed E-state index contributed by atoms with van der Waals surface area (Å²) in [6.07, 6.45) is 59.0. The molecule has 81 heavy (non-hydrogen) atoms. The molecule has 14 heteroatoms. The lowest BCUT2D eigenvalue weighted by molar-refractivity contribution is -0.332. The lowest BCUT2D eigenvalue weighted by Crippen LogP contribution is -2.61. The van der Waals surface area contributed by atoms with Gasteiger partial charge in [0.1, 0.15) is 54.9 Å². The zero-order chi connectivity index (χ0) is 58.6. The van der Waals surface area contributed by atoms with E-state index >= 15 is 0 Å². The third-order valence-electron chi connectivity index (χ3n) is 13.3. The molecule has 2 saturated heterocycles. The molecule has 0 bridgehead atoms. The molecule has 11 unspecified atom stereocenters. The highest BCUT2D eigenvalue weighted by atomic mass is 16.7. The molecular formula is C67H106O14. The topological polar surface area (TPSA) is 214 Å². The summed E-state index contributed by atoms with van der Waals surface area (Å²) in [4.78, 5) is 13.1. The van der Waals surface area contributed by atoms with Crippen molar-refractivity contribution in [3.8, 4) is 0 Å². The number of esters is 1. The normalized spacial score (nSPS) is 24.8. The Morgan fingerprint density at radius 3 is 1.20 bits per heavy atom. The second-order valence-corrected chi connectivity index (χ2v) is 20.4. The first kappa shape index (κ1) is 73.0. The Morgan fingerprint density at radius 2 is 0.765 bits per heavy atom. The number of unbranched alkanes of at least 4 members (excludes halogenated alkanes) is 9. The number of ether oxygens (including phenoxy) is 6. The van der Waals surface area contributed by atoms with Gasteiger partial charge in [0.15, 0.2) is 12.6 Å².